The molecule has 1 rings (SSSR count). The van der Waals surface area contributed by atoms with Crippen molar-refractivity contribution in [3.63, 3.8) is 0 Å². The minimum atomic E-state index is 0.846. The third-order valence-electron chi connectivity index (χ3n) is 1.52. The topological polar surface area (TPSA) is 27.1 Å². The Morgan fingerprint density at radius 3 is 3.09 bits per heavy atom. The molecule has 3 nitrogen and oxygen atoms in total. The molecule has 0 spiro atoms. The van der Waals surface area contributed by atoms with Crippen LogP contribution in [0.25, 0.3) is 0 Å². The Labute approximate surface area is 67.0 Å². The van der Waals surface area contributed by atoms with E-state index in [0.717, 1.165) is 26.0 Å². The summed E-state index contributed by atoms with van der Waals surface area (Å²) in [6.45, 7) is 1.86. The van der Waals surface area contributed by atoms with E-state index in [1.54, 1.807) is 13.4 Å². The molecule has 0 unspecified atom stereocenters. The lowest BCUT2D eigenvalue weighted by Crippen LogP contribution is -1.96. The van der Waals surface area contributed by atoms with Gasteiger partial charge in [0.15, 0.2) is 0 Å². The molecule has 1 aromatic rings. The normalized spacial score (nSPS) is 10.3. The summed E-state index contributed by atoms with van der Waals surface area (Å²) in [7, 11) is 1.73. The highest BCUT2D eigenvalue weighted by molar-refractivity contribution is 4.71. The van der Waals surface area contributed by atoms with Crippen molar-refractivity contribution in [2.75, 3.05) is 13.7 Å². The first-order valence-corrected chi connectivity index (χ1v) is 3.80. The molecule has 0 aromatic carbocycles. The third-order valence-corrected chi connectivity index (χ3v) is 1.52. The summed E-state index contributed by atoms with van der Waals surface area (Å²) in [4.78, 5) is 3.83. The summed E-state index contributed by atoms with van der Waals surface area (Å²) in [5.41, 5.74) is 0. The highest BCUT2D eigenvalue weighted by Crippen LogP contribution is 1.94. The van der Waals surface area contributed by atoms with Gasteiger partial charge in [0.05, 0.1) is 6.33 Å². The van der Waals surface area contributed by atoms with E-state index in [4.69, 9.17) is 4.74 Å². The molecular formula is C8H13N2O. The van der Waals surface area contributed by atoms with Crippen LogP contribution >= 0.6 is 0 Å². The van der Waals surface area contributed by atoms with Gasteiger partial charge < -0.3 is 9.30 Å². The van der Waals surface area contributed by atoms with Crippen molar-refractivity contribution in [1.82, 2.24) is 9.55 Å². The van der Waals surface area contributed by atoms with E-state index in [0.29, 0.717) is 0 Å². The highest BCUT2D eigenvalue weighted by atomic mass is 16.5. The first-order chi connectivity index (χ1) is 5.43. The van der Waals surface area contributed by atoms with Crippen molar-refractivity contribution in [2.45, 2.75) is 19.4 Å². The van der Waals surface area contributed by atoms with Crippen molar-refractivity contribution in [3.8, 4) is 0 Å². The standard InChI is InChI=1S/C8H13N2O/c1-11-7-3-2-5-10-6-4-9-8-10/h6,8H,2-3,5,7H2,1H3. The second-order valence-corrected chi connectivity index (χ2v) is 2.44. The van der Waals surface area contributed by atoms with Crippen molar-refractivity contribution in [3.05, 3.63) is 18.7 Å². The van der Waals surface area contributed by atoms with Crippen molar-refractivity contribution < 1.29 is 4.74 Å². The number of aryl methyl sites for hydroxylation is 1. The highest BCUT2D eigenvalue weighted by Gasteiger charge is 1.89. The van der Waals surface area contributed by atoms with E-state index >= 15 is 0 Å². The molecule has 0 N–H and O–H groups in total. The summed E-state index contributed by atoms with van der Waals surface area (Å²) in [6.07, 6.45) is 8.63. The predicted molar refractivity (Wildman–Crippen MR) is 42.2 cm³/mol. The molecule has 0 aliphatic carbocycles. The number of hydrogen-bond donors (Lipinski definition) is 0. The molecule has 11 heavy (non-hydrogen) atoms. The van der Waals surface area contributed by atoms with Crippen LogP contribution in [-0.2, 0) is 11.3 Å². The van der Waals surface area contributed by atoms with Crippen LogP contribution in [0.4, 0.5) is 0 Å². The number of aromatic nitrogens is 2. The summed E-state index contributed by atoms with van der Waals surface area (Å²) in [6, 6.07) is 0. The molecule has 0 atom stereocenters. The minimum absolute atomic E-state index is 0.846. The Kier molecular flexibility index (Phi) is 3.69. The second kappa shape index (κ2) is 4.91. The number of imidazole rings is 1. The second-order valence-electron chi connectivity index (χ2n) is 2.44. The van der Waals surface area contributed by atoms with Crippen LogP contribution in [0.1, 0.15) is 12.8 Å². The van der Waals surface area contributed by atoms with Gasteiger partial charge in [-0.05, 0) is 12.8 Å². The van der Waals surface area contributed by atoms with Crippen LogP contribution in [0.3, 0.4) is 0 Å². The summed E-state index contributed by atoms with van der Waals surface area (Å²) < 4.78 is 6.95. The zero-order valence-electron chi connectivity index (χ0n) is 6.79. The quantitative estimate of drug-likeness (QED) is 0.592. The molecule has 1 radical (unpaired) electrons. The first kappa shape index (κ1) is 8.27. The van der Waals surface area contributed by atoms with Crippen LogP contribution < -0.4 is 0 Å². The number of rotatable bonds is 5. The van der Waals surface area contributed by atoms with Gasteiger partial charge in [0.25, 0.3) is 0 Å². The van der Waals surface area contributed by atoms with E-state index in [2.05, 4.69) is 11.2 Å². The molecule has 61 valence electrons. The molecule has 1 aromatic heterocycles. The molecule has 0 bridgehead atoms. The minimum Gasteiger partial charge on any atom is -0.385 e. The average Bonchev–Trinajstić information content (AvgIpc) is 2.50. The third kappa shape index (κ3) is 3.18. The van der Waals surface area contributed by atoms with Crippen LogP contribution in [0.15, 0.2) is 12.5 Å². The van der Waals surface area contributed by atoms with Gasteiger partial charge in [-0.3, -0.25) is 0 Å². The van der Waals surface area contributed by atoms with Crippen LogP contribution in [0.2, 0.25) is 0 Å². The van der Waals surface area contributed by atoms with E-state index < -0.39 is 0 Å². The smallest absolute Gasteiger partial charge is 0.108 e. The van der Waals surface area contributed by atoms with E-state index in [-0.39, 0.29) is 0 Å². The molecule has 0 saturated heterocycles. The summed E-state index contributed by atoms with van der Waals surface area (Å²) in [5, 5.41) is 0. The molecule has 1 heterocycles. The fourth-order valence-corrected chi connectivity index (χ4v) is 0.911. The molecule has 0 aliphatic heterocycles. The number of hydrogen-bond acceptors (Lipinski definition) is 2. The Balaban J connectivity index is 2.04. The van der Waals surface area contributed by atoms with Crippen LogP contribution in [0, 0.1) is 6.20 Å². The number of ether oxygens (including phenoxy) is 1. The van der Waals surface area contributed by atoms with Gasteiger partial charge in [-0.2, -0.15) is 0 Å². The fraction of sp³-hybridized carbons (Fsp3) is 0.625. The first-order valence-electron chi connectivity index (χ1n) is 3.80. The summed E-state index contributed by atoms with van der Waals surface area (Å²) in [5.74, 6) is 0. The van der Waals surface area contributed by atoms with Crippen molar-refractivity contribution in [2.24, 2.45) is 0 Å². The molecule has 0 saturated carbocycles. The monoisotopic (exact) mass is 153 g/mol. The summed E-state index contributed by atoms with van der Waals surface area (Å²) >= 11 is 0. The van der Waals surface area contributed by atoms with Crippen molar-refractivity contribution >= 4 is 0 Å². The lowest BCUT2D eigenvalue weighted by molar-refractivity contribution is 0.191. The SMILES string of the molecule is COCCCCn1c[c]nc1. The van der Waals surface area contributed by atoms with Gasteiger partial charge in [-0.1, -0.05) is 0 Å². The molecular weight excluding hydrogens is 140 g/mol. The Hall–Kier alpha value is -0.830. The van der Waals surface area contributed by atoms with E-state index in [1.165, 1.54) is 0 Å². The van der Waals surface area contributed by atoms with Crippen LogP contribution in [0.5, 0.6) is 0 Å². The zero-order valence-corrected chi connectivity index (χ0v) is 6.79. The number of methoxy groups -OCH3 is 1. The Morgan fingerprint density at radius 2 is 2.45 bits per heavy atom. The molecule has 0 fully saturated rings. The Bertz CT molecular complexity index is 172. The zero-order chi connectivity index (χ0) is 7.94. The van der Waals surface area contributed by atoms with Gasteiger partial charge in [-0.25, -0.2) is 4.98 Å². The molecule has 3 heteroatoms. The van der Waals surface area contributed by atoms with Crippen molar-refractivity contribution in [1.29, 1.82) is 0 Å². The number of nitrogens with zero attached hydrogens (tertiary/aromatic N) is 2. The van der Waals surface area contributed by atoms with Gasteiger partial charge in [0.1, 0.15) is 6.20 Å². The maximum Gasteiger partial charge on any atom is 0.108 e. The maximum atomic E-state index is 4.93. The van der Waals surface area contributed by atoms with Gasteiger partial charge in [0, 0.05) is 26.5 Å². The lowest BCUT2D eigenvalue weighted by atomic mass is 10.3. The fourth-order valence-electron chi connectivity index (χ4n) is 0.911. The average molecular weight is 153 g/mol. The van der Waals surface area contributed by atoms with E-state index in [9.17, 15) is 0 Å². The number of unbranched alkanes of at least 4 members (excludes halogenated alkanes) is 1. The predicted octanol–water partition coefficient (Wildman–Crippen LogP) is 1.11. The van der Waals surface area contributed by atoms with Gasteiger partial charge in [-0.15, -0.1) is 0 Å². The van der Waals surface area contributed by atoms with Gasteiger partial charge >= 0.3 is 0 Å². The van der Waals surface area contributed by atoms with E-state index in [1.807, 2.05) is 10.8 Å². The largest absolute Gasteiger partial charge is 0.385 e. The Morgan fingerprint density at radius 1 is 1.55 bits per heavy atom. The van der Waals surface area contributed by atoms with Crippen LogP contribution in [-0.4, -0.2) is 23.3 Å². The molecule has 0 aliphatic rings. The maximum absolute atomic E-state index is 4.93. The molecule has 0 amide bonds. The van der Waals surface area contributed by atoms with Gasteiger partial charge in [0.2, 0.25) is 0 Å². The lowest BCUT2D eigenvalue weighted by Gasteiger charge is -2.00.